The van der Waals surface area contributed by atoms with E-state index in [0.717, 1.165) is 22.8 Å². The minimum absolute atomic E-state index is 0.114. The van der Waals surface area contributed by atoms with Crippen LogP contribution in [0, 0.1) is 13.8 Å². The second-order valence-corrected chi connectivity index (χ2v) is 6.31. The Kier molecular flexibility index (Phi) is 6.16. The van der Waals surface area contributed by atoms with E-state index in [1.165, 1.54) is 6.92 Å². The van der Waals surface area contributed by atoms with E-state index < -0.39 is 0 Å². The van der Waals surface area contributed by atoms with E-state index in [0.29, 0.717) is 30.4 Å². The summed E-state index contributed by atoms with van der Waals surface area (Å²) in [6.45, 7) is 6.44. The maximum atomic E-state index is 11.2. The average Bonchev–Trinajstić information content (AvgIpc) is 2.68. The van der Waals surface area contributed by atoms with Crippen LogP contribution in [0.5, 0.6) is 5.75 Å². The lowest BCUT2D eigenvalue weighted by atomic mass is 10.2. The predicted octanol–water partition coefficient (Wildman–Crippen LogP) is 3.60. The molecule has 3 rings (SSSR count). The van der Waals surface area contributed by atoms with Gasteiger partial charge >= 0.3 is 0 Å². The quantitative estimate of drug-likeness (QED) is 0.612. The summed E-state index contributed by atoms with van der Waals surface area (Å²) in [4.78, 5) is 24.6. The Bertz CT molecular complexity index is 960. The highest BCUT2D eigenvalue weighted by Gasteiger charge is 2.10. The number of aryl methyl sites for hydroxylation is 1. The summed E-state index contributed by atoms with van der Waals surface area (Å²) < 4.78 is 5.77. The standard InChI is InChI=1S/C21H23N5O2/c1-14-15(2)24-21(19-9-4-5-10-22-19)26-20(14)23-11-12-28-18-8-6-7-17(13-18)25-16(3)27/h4-10,13H,11-12H2,1-3H3,(H,25,27)(H,23,24,26). The zero-order valence-electron chi connectivity index (χ0n) is 16.2. The summed E-state index contributed by atoms with van der Waals surface area (Å²) in [6.07, 6.45) is 1.73. The Morgan fingerprint density at radius 3 is 2.71 bits per heavy atom. The molecule has 0 unspecified atom stereocenters. The lowest BCUT2D eigenvalue weighted by Gasteiger charge is -2.13. The van der Waals surface area contributed by atoms with E-state index in [1.54, 1.807) is 12.3 Å². The molecule has 0 atom stereocenters. The Balaban J connectivity index is 1.62. The lowest BCUT2D eigenvalue weighted by Crippen LogP contribution is -2.14. The van der Waals surface area contributed by atoms with Crippen LogP contribution < -0.4 is 15.4 Å². The van der Waals surface area contributed by atoms with Gasteiger partial charge < -0.3 is 15.4 Å². The fourth-order valence-electron chi connectivity index (χ4n) is 2.62. The number of hydrogen-bond acceptors (Lipinski definition) is 6. The molecule has 0 aliphatic heterocycles. The van der Waals surface area contributed by atoms with Gasteiger partial charge in [-0.15, -0.1) is 0 Å². The van der Waals surface area contributed by atoms with Gasteiger partial charge in [-0.1, -0.05) is 12.1 Å². The molecule has 0 saturated carbocycles. The largest absolute Gasteiger partial charge is 0.492 e. The molecule has 7 nitrogen and oxygen atoms in total. The number of amides is 1. The predicted molar refractivity (Wildman–Crippen MR) is 109 cm³/mol. The van der Waals surface area contributed by atoms with Crippen LogP contribution in [0.4, 0.5) is 11.5 Å². The van der Waals surface area contributed by atoms with Crippen LogP contribution in [0.1, 0.15) is 18.2 Å². The van der Waals surface area contributed by atoms with Gasteiger partial charge in [0.25, 0.3) is 0 Å². The number of anilines is 2. The van der Waals surface area contributed by atoms with Crippen LogP contribution in [-0.4, -0.2) is 34.0 Å². The third-order valence-electron chi connectivity index (χ3n) is 4.10. The summed E-state index contributed by atoms with van der Waals surface area (Å²) in [5.74, 6) is 1.94. The molecule has 1 amide bonds. The van der Waals surface area contributed by atoms with E-state index in [-0.39, 0.29) is 5.91 Å². The number of rotatable bonds is 7. The topological polar surface area (TPSA) is 89.0 Å². The highest BCUT2D eigenvalue weighted by molar-refractivity contribution is 5.88. The molecule has 0 bridgehead atoms. The fourth-order valence-corrected chi connectivity index (χ4v) is 2.62. The molecule has 3 aromatic rings. The molecule has 0 spiro atoms. The van der Waals surface area contributed by atoms with E-state index in [9.17, 15) is 4.79 Å². The van der Waals surface area contributed by atoms with Gasteiger partial charge in [0.05, 0.1) is 6.54 Å². The number of carbonyl (C=O) groups excluding carboxylic acids is 1. The first kappa shape index (κ1) is 19.3. The molecule has 0 aliphatic carbocycles. The van der Waals surface area contributed by atoms with Crippen molar-refractivity contribution in [2.24, 2.45) is 0 Å². The van der Waals surface area contributed by atoms with Crippen LogP contribution in [0.2, 0.25) is 0 Å². The minimum Gasteiger partial charge on any atom is -0.492 e. The van der Waals surface area contributed by atoms with Gasteiger partial charge in [-0.25, -0.2) is 9.97 Å². The number of pyridine rings is 1. The van der Waals surface area contributed by atoms with Gasteiger partial charge in [-0.3, -0.25) is 9.78 Å². The maximum Gasteiger partial charge on any atom is 0.221 e. The Morgan fingerprint density at radius 2 is 1.96 bits per heavy atom. The van der Waals surface area contributed by atoms with E-state index >= 15 is 0 Å². The molecule has 1 aromatic carbocycles. The normalized spacial score (nSPS) is 10.4. The third-order valence-corrected chi connectivity index (χ3v) is 4.10. The number of hydrogen-bond donors (Lipinski definition) is 2. The van der Waals surface area contributed by atoms with E-state index in [2.05, 4.69) is 25.6 Å². The molecule has 0 aliphatic rings. The summed E-state index contributed by atoms with van der Waals surface area (Å²) in [5, 5.41) is 6.05. The summed E-state index contributed by atoms with van der Waals surface area (Å²) in [5.41, 5.74) is 3.34. The Hall–Kier alpha value is -3.48. The van der Waals surface area contributed by atoms with Crippen molar-refractivity contribution < 1.29 is 9.53 Å². The van der Waals surface area contributed by atoms with Gasteiger partial charge in [0, 0.05) is 36.1 Å². The number of benzene rings is 1. The molecule has 2 heterocycles. The first-order chi connectivity index (χ1) is 13.5. The Labute approximate surface area is 164 Å². The highest BCUT2D eigenvalue weighted by atomic mass is 16.5. The van der Waals surface area contributed by atoms with Gasteiger partial charge in [0.15, 0.2) is 5.82 Å². The summed E-state index contributed by atoms with van der Waals surface area (Å²) in [7, 11) is 0. The van der Waals surface area contributed by atoms with Crippen molar-refractivity contribution in [3.8, 4) is 17.3 Å². The minimum atomic E-state index is -0.114. The SMILES string of the molecule is CC(=O)Nc1cccc(OCCNc2nc(-c3ccccn3)nc(C)c2C)c1. The van der Waals surface area contributed by atoms with Crippen molar-refractivity contribution >= 4 is 17.4 Å². The smallest absolute Gasteiger partial charge is 0.221 e. The van der Waals surface area contributed by atoms with Crippen molar-refractivity contribution in [3.05, 3.63) is 59.9 Å². The zero-order valence-corrected chi connectivity index (χ0v) is 16.2. The fraction of sp³-hybridized carbons (Fsp3) is 0.238. The first-order valence-electron chi connectivity index (χ1n) is 9.04. The second-order valence-electron chi connectivity index (χ2n) is 6.31. The number of nitrogens with one attached hydrogen (secondary N) is 2. The molecule has 0 fully saturated rings. The van der Waals surface area contributed by atoms with Crippen molar-refractivity contribution in [2.45, 2.75) is 20.8 Å². The van der Waals surface area contributed by atoms with Crippen molar-refractivity contribution in [2.75, 3.05) is 23.8 Å². The number of nitrogens with zero attached hydrogens (tertiary/aromatic N) is 3. The van der Waals surface area contributed by atoms with Gasteiger partial charge in [0.2, 0.25) is 5.91 Å². The van der Waals surface area contributed by atoms with Crippen LogP contribution in [0.25, 0.3) is 11.5 Å². The molecule has 0 radical (unpaired) electrons. The van der Waals surface area contributed by atoms with Crippen LogP contribution >= 0.6 is 0 Å². The monoisotopic (exact) mass is 377 g/mol. The molecule has 7 heteroatoms. The van der Waals surface area contributed by atoms with E-state index in [1.807, 2.05) is 50.2 Å². The highest BCUT2D eigenvalue weighted by Crippen LogP contribution is 2.20. The number of ether oxygens (including phenoxy) is 1. The molecular formula is C21H23N5O2. The summed E-state index contributed by atoms with van der Waals surface area (Å²) in [6, 6.07) is 13.0. The van der Waals surface area contributed by atoms with Crippen LogP contribution in [0.3, 0.4) is 0 Å². The number of aromatic nitrogens is 3. The van der Waals surface area contributed by atoms with Gasteiger partial charge in [0.1, 0.15) is 23.9 Å². The molecule has 0 saturated heterocycles. The molecule has 144 valence electrons. The van der Waals surface area contributed by atoms with Crippen molar-refractivity contribution in [1.82, 2.24) is 15.0 Å². The third kappa shape index (κ3) is 5.03. The van der Waals surface area contributed by atoms with Gasteiger partial charge in [-0.05, 0) is 38.1 Å². The van der Waals surface area contributed by atoms with E-state index in [4.69, 9.17) is 4.74 Å². The zero-order chi connectivity index (χ0) is 19.9. The second kappa shape index (κ2) is 8.94. The first-order valence-corrected chi connectivity index (χ1v) is 9.04. The van der Waals surface area contributed by atoms with Crippen molar-refractivity contribution in [3.63, 3.8) is 0 Å². The maximum absolute atomic E-state index is 11.2. The molecule has 2 N–H and O–H groups in total. The average molecular weight is 377 g/mol. The molecule has 28 heavy (non-hydrogen) atoms. The molecular weight excluding hydrogens is 354 g/mol. The summed E-state index contributed by atoms with van der Waals surface area (Å²) >= 11 is 0. The van der Waals surface area contributed by atoms with Crippen molar-refractivity contribution in [1.29, 1.82) is 0 Å². The Morgan fingerprint density at radius 1 is 1.11 bits per heavy atom. The van der Waals surface area contributed by atoms with Gasteiger partial charge in [-0.2, -0.15) is 0 Å². The van der Waals surface area contributed by atoms with Crippen LogP contribution in [0.15, 0.2) is 48.7 Å². The molecule has 2 aromatic heterocycles. The lowest BCUT2D eigenvalue weighted by molar-refractivity contribution is -0.114. The number of carbonyl (C=O) groups is 1. The van der Waals surface area contributed by atoms with Crippen LogP contribution in [-0.2, 0) is 4.79 Å².